The standard InChI is InChI=1S/C20H18Cl2N2O3S/c1-2-24(13-20(25)23-19-10-8-16(21)12-18(19)22)28(26,27)17-9-7-14-5-3-4-6-15(14)11-17/h3-12H,2,13H2,1H3,(H,23,25). The third-order valence-corrected chi connectivity index (χ3v) is 6.70. The van der Waals surface area contributed by atoms with Crippen molar-refractivity contribution in [3.05, 3.63) is 70.7 Å². The van der Waals surface area contributed by atoms with Gasteiger partial charge < -0.3 is 5.32 Å². The number of sulfonamides is 1. The molecule has 0 aliphatic rings. The van der Waals surface area contributed by atoms with Crippen molar-refractivity contribution < 1.29 is 13.2 Å². The van der Waals surface area contributed by atoms with Crippen molar-refractivity contribution >= 4 is 55.6 Å². The van der Waals surface area contributed by atoms with E-state index in [2.05, 4.69) is 5.32 Å². The fourth-order valence-electron chi connectivity index (χ4n) is 2.78. The maximum absolute atomic E-state index is 13.0. The van der Waals surface area contributed by atoms with Gasteiger partial charge >= 0.3 is 0 Å². The van der Waals surface area contributed by atoms with Gasteiger partial charge in [0.1, 0.15) is 0 Å². The Morgan fingerprint density at radius 3 is 2.39 bits per heavy atom. The second kappa shape index (κ2) is 8.49. The molecule has 0 aliphatic carbocycles. The summed E-state index contributed by atoms with van der Waals surface area (Å²) in [5.41, 5.74) is 0.371. The number of benzene rings is 3. The van der Waals surface area contributed by atoms with Gasteiger partial charge in [-0.1, -0.05) is 60.5 Å². The fraction of sp³-hybridized carbons (Fsp3) is 0.150. The molecule has 3 rings (SSSR count). The normalized spacial score (nSPS) is 11.7. The summed E-state index contributed by atoms with van der Waals surface area (Å²) in [5.74, 6) is -0.490. The molecule has 0 spiro atoms. The molecule has 0 bridgehead atoms. The summed E-state index contributed by atoms with van der Waals surface area (Å²) >= 11 is 11.9. The molecule has 8 heteroatoms. The predicted molar refractivity (Wildman–Crippen MR) is 113 cm³/mol. The molecule has 146 valence electrons. The monoisotopic (exact) mass is 436 g/mol. The van der Waals surface area contributed by atoms with E-state index in [9.17, 15) is 13.2 Å². The molecule has 0 fully saturated rings. The van der Waals surface area contributed by atoms with E-state index in [1.807, 2.05) is 24.3 Å². The highest BCUT2D eigenvalue weighted by atomic mass is 35.5. The van der Waals surface area contributed by atoms with E-state index < -0.39 is 15.9 Å². The number of likely N-dealkylation sites (N-methyl/N-ethyl adjacent to an activating group) is 1. The smallest absolute Gasteiger partial charge is 0.243 e. The van der Waals surface area contributed by atoms with Crippen LogP contribution in [0.1, 0.15) is 6.92 Å². The van der Waals surface area contributed by atoms with Gasteiger partial charge in [-0.25, -0.2) is 8.42 Å². The van der Waals surface area contributed by atoms with Crippen LogP contribution in [0, 0.1) is 0 Å². The third kappa shape index (κ3) is 4.47. The summed E-state index contributed by atoms with van der Waals surface area (Å²) in [6.45, 7) is 1.50. The van der Waals surface area contributed by atoms with Crippen molar-refractivity contribution in [2.75, 3.05) is 18.4 Å². The van der Waals surface area contributed by atoms with Crippen molar-refractivity contribution in [1.82, 2.24) is 4.31 Å². The first kappa shape index (κ1) is 20.6. The average molecular weight is 437 g/mol. The zero-order chi connectivity index (χ0) is 20.3. The molecule has 1 amide bonds. The van der Waals surface area contributed by atoms with E-state index in [1.54, 1.807) is 37.3 Å². The number of carbonyl (C=O) groups excluding carboxylic acids is 1. The van der Waals surface area contributed by atoms with E-state index in [0.29, 0.717) is 10.7 Å². The maximum atomic E-state index is 13.0. The SMILES string of the molecule is CCN(CC(=O)Nc1ccc(Cl)cc1Cl)S(=O)(=O)c1ccc2ccccc2c1. The lowest BCUT2D eigenvalue weighted by Crippen LogP contribution is -2.37. The molecule has 3 aromatic carbocycles. The summed E-state index contributed by atoms with van der Waals surface area (Å²) in [7, 11) is -3.83. The Morgan fingerprint density at radius 2 is 1.71 bits per heavy atom. The second-order valence-corrected chi connectivity index (χ2v) is 8.89. The lowest BCUT2D eigenvalue weighted by Gasteiger charge is -2.20. The van der Waals surface area contributed by atoms with E-state index in [4.69, 9.17) is 23.2 Å². The first-order valence-electron chi connectivity index (χ1n) is 8.55. The van der Waals surface area contributed by atoms with E-state index in [1.165, 1.54) is 6.07 Å². The molecule has 28 heavy (non-hydrogen) atoms. The molecule has 0 saturated heterocycles. The number of nitrogens with zero attached hydrogens (tertiary/aromatic N) is 1. The molecule has 0 aliphatic heterocycles. The molecule has 3 aromatic rings. The largest absolute Gasteiger partial charge is 0.324 e. The van der Waals surface area contributed by atoms with Crippen molar-refractivity contribution in [3.8, 4) is 0 Å². The predicted octanol–water partition coefficient (Wildman–Crippen LogP) is 4.80. The highest BCUT2D eigenvalue weighted by molar-refractivity contribution is 7.89. The number of nitrogens with one attached hydrogen (secondary N) is 1. The number of fused-ring (bicyclic) bond motifs is 1. The van der Waals surface area contributed by atoms with Crippen molar-refractivity contribution in [1.29, 1.82) is 0 Å². The number of halogens is 2. The molecule has 1 N–H and O–H groups in total. The zero-order valence-electron chi connectivity index (χ0n) is 15.0. The van der Waals surface area contributed by atoms with Gasteiger partial charge in [0.2, 0.25) is 15.9 Å². The molecule has 0 heterocycles. The van der Waals surface area contributed by atoms with Crippen LogP contribution in [0.3, 0.4) is 0 Å². The van der Waals surface area contributed by atoms with Crippen LogP contribution in [0.2, 0.25) is 10.0 Å². The number of hydrogen-bond acceptors (Lipinski definition) is 3. The molecular weight excluding hydrogens is 419 g/mol. The first-order valence-corrected chi connectivity index (χ1v) is 10.7. The Hall–Kier alpha value is -2.12. The highest BCUT2D eigenvalue weighted by Crippen LogP contribution is 2.26. The van der Waals surface area contributed by atoms with Crippen LogP contribution in [-0.2, 0) is 14.8 Å². The van der Waals surface area contributed by atoms with Gasteiger partial charge in [0, 0.05) is 11.6 Å². The molecule has 0 aromatic heterocycles. The van der Waals surface area contributed by atoms with Crippen LogP contribution >= 0.6 is 23.2 Å². The van der Waals surface area contributed by atoms with Gasteiger partial charge in [0.25, 0.3) is 0 Å². The third-order valence-electron chi connectivity index (χ3n) is 4.24. The molecule has 0 atom stereocenters. The van der Waals surface area contributed by atoms with Crippen molar-refractivity contribution in [2.45, 2.75) is 11.8 Å². The van der Waals surface area contributed by atoms with E-state index in [0.717, 1.165) is 15.1 Å². The zero-order valence-corrected chi connectivity index (χ0v) is 17.4. The summed E-state index contributed by atoms with van der Waals surface area (Å²) in [4.78, 5) is 12.5. The van der Waals surface area contributed by atoms with Gasteiger partial charge in [-0.2, -0.15) is 4.31 Å². The Kier molecular flexibility index (Phi) is 6.25. The van der Waals surface area contributed by atoms with Crippen molar-refractivity contribution in [2.24, 2.45) is 0 Å². The van der Waals surface area contributed by atoms with Crippen molar-refractivity contribution in [3.63, 3.8) is 0 Å². The van der Waals surface area contributed by atoms with Crippen LogP contribution in [0.15, 0.2) is 65.6 Å². The summed E-state index contributed by atoms with van der Waals surface area (Å²) < 4.78 is 27.1. The minimum atomic E-state index is -3.83. The number of amides is 1. The molecule has 0 radical (unpaired) electrons. The Labute approximate surface area is 173 Å². The summed E-state index contributed by atoms with van der Waals surface area (Å²) in [6.07, 6.45) is 0. The Balaban J connectivity index is 1.81. The lowest BCUT2D eigenvalue weighted by molar-refractivity contribution is -0.116. The number of hydrogen-bond donors (Lipinski definition) is 1. The summed E-state index contributed by atoms with van der Waals surface area (Å²) in [5, 5.41) is 5.10. The lowest BCUT2D eigenvalue weighted by atomic mass is 10.1. The molecule has 5 nitrogen and oxygen atoms in total. The minimum Gasteiger partial charge on any atom is -0.324 e. The topological polar surface area (TPSA) is 66.5 Å². The highest BCUT2D eigenvalue weighted by Gasteiger charge is 2.25. The minimum absolute atomic E-state index is 0.144. The van der Waals surface area contributed by atoms with Crippen LogP contribution in [-0.4, -0.2) is 31.7 Å². The van der Waals surface area contributed by atoms with Crippen LogP contribution in [0.4, 0.5) is 5.69 Å². The fourth-order valence-corrected chi connectivity index (χ4v) is 4.68. The van der Waals surface area contributed by atoms with Crippen LogP contribution in [0.25, 0.3) is 10.8 Å². The average Bonchev–Trinajstić information content (AvgIpc) is 2.67. The van der Waals surface area contributed by atoms with Gasteiger partial charge in [0.05, 0.1) is 22.2 Å². The van der Waals surface area contributed by atoms with Crippen LogP contribution in [0.5, 0.6) is 0 Å². The van der Waals surface area contributed by atoms with E-state index in [-0.39, 0.29) is 23.0 Å². The summed E-state index contributed by atoms with van der Waals surface area (Å²) in [6, 6.07) is 17.1. The van der Waals surface area contributed by atoms with Gasteiger partial charge in [-0.3, -0.25) is 4.79 Å². The molecule has 0 unspecified atom stereocenters. The molecular formula is C20H18Cl2N2O3S. The van der Waals surface area contributed by atoms with Gasteiger partial charge in [0.15, 0.2) is 0 Å². The second-order valence-electron chi connectivity index (χ2n) is 6.11. The molecule has 0 saturated carbocycles. The van der Waals surface area contributed by atoms with Gasteiger partial charge in [-0.15, -0.1) is 0 Å². The Morgan fingerprint density at radius 1 is 1.00 bits per heavy atom. The number of rotatable bonds is 6. The van der Waals surface area contributed by atoms with E-state index >= 15 is 0 Å². The number of anilines is 1. The number of carbonyl (C=O) groups is 1. The van der Waals surface area contributed by atoms with Gasteiger partial charge in [-0.05, 0) is 41.1 Å². The Bertz CT molecular complexity index is 1130. The maximum Gasteiger partial charge on any atom is 0.243 e. The quantitative estimate of drug-likeness (QED) is 0.603. The van der Waals surface area contributed by atoms with Crippen LogP contribution < -0.4 is 5.32 Å². The first-order chi connectivity index (χ1) is 13.3.